The number of aryl methyl sites for hydroxylation is 2. The predicted molar refractivity (Wildman–Crippen MR) is 71.2 cm³/mol. The van der Waals surface area contributed by atoms with E-state index in [0.29, 0.717) is 6.54 Å². The number of nitrogens with zero attached hydrogens (tertiary/aromatic N) is 1. The Kier molecular flexibility index (Phi) is 4.12. The standard InChI is InChI=1S/C14H19N3O/c1-10-13(11(2)17-16-10)8-15-14(9-18)12-6-4-3-5-7-12/h3-7,14-15,18H,8-9H2,1-2H3,(H,16,17)/t14-/m1/s1. The molecule has 0 radical (unpaired) electrons. The van der Waals surface area contributed by atoms with Gasteiger partial charge in [-0.25, -0.2) is 0 Å². The van der Waals surface area contributed by atoms with Crippen molar-refractivity contribution in [3.05, 3.63) is 52.8 Å². The van der Waals surface area contributed by atoms with E-state index in [1.54, 1.807) is 0 Å². The Balaban J connectivity index is 2.04. The van der Waals surface area contributed by atoms with Gasteiger partial charge in [-0.15, -0.1) is 0 Å². The second-order valence-corrected chi connectivity index (χ2v) is 4.44. The SMILES string of the molecule is Cc1n[nH]c(C)c1CN[C@H](CO)c1ccccc1. The fraction of sp³-hybridized carbons (Fsp3) is 0.357. The maximum atomic E-state index is 9.46. The highest BCUT2D eigenvalue weighted by atomic mass is 16.3. The van der Waals surface area contributed by atoms with Crippen molar-refractivity contribution in [2.24, 2.45) is 0 Å². The first-order valence-electron chi connectivity index (χ1n) is 6.12. The van der Waals surface area contributed by atoms with Gasteiger partial charge in [0.1, 0.15) is 0 Å². The van der Waals surface area contributed by atoms with Crippen LogP contribution in [-0.4, -0.2) is 21.9 Å². The molecule has 0 unspecified atom stereocenters. The molecule has 0 aliphatic carbocycles. The molecule has 2 aromatic rings. The number of aliphatic hydroxyl groups excluding tert-OH is 1. The van der Waals surface area contributed by atoms with Crippen LogP contribution >= 0.6 is 0 Å². The smallest absolute Gasteiger partial charge is 0.0638 e. The molecule has 18 heavy (non-hydrogen) atoms. The van der Waals surface area contributed by atoms with Gasteiger partial charge >= 0.3 is 0 Å². The van der Waals surface area contributed by atoms with E-state index in [0.717, 1.165) is 17.0 Å². The molecule has 1 atom stereocenters. The highest BCUT2D eigenvalue weighted by Gasteiger charge is 2.12. The Bertz CT molecular complexity index is 473. The van der Waals surface area contributed by atoms with Gasteiger partial charge in [-0.2, -0.15) is 5.10 Å². The lowest BCUT2D eigenvalue weighted by Gasteiger charge is -2.16. The van der Waals surface area contributed by atoms with E-state index >= 15 is 0 Å². The van der Waals surface area contributed by atoms with E-state index < -0.39 is 0 Å². The molecule has 1 heterocycles. The maximum absolute atomic E-state index is 9.46. The molecule has 1 aromatic heterocycles. The van der Waals surface area contributed by atoms with Crippen molar-refractivity contribution >= 4 is 0 Å². The molecule has 0 bridgehead atoms. The summed E-state index contributed by atoms with van der Waals surface area (Å²) in [6.45, 7) is 4.78. The van der Waals surface area contributed by atoms with Crippen molar-refractivity contribution < 1.29 is 5.11 Å². The van der Waals surface area contributed by atoms with Crippen LogP contribution in [-0.2, 0) is 6.54 Å². The van der Waals surface area contributed by atoms with Crippen LogP contribution in [0, 0.1) is 13.8 Å². The van der Waals surface area contributed by atoms with E-state index in [-0.39, 0.29) is 12.6 Å². The van der Waals surface area contributed by atoms with Gasteiger partial charge < -0.3 is 10.4 Å². The number of nitrogens with one attached hydrogen (secondary N) is 2. The minimum atomic E-state index is -0.0418. The highest BCUT2D eigenvalue weighted by Crippen LogP contribution is 2.14. The fourth-order valence-electron chi connectivity index (χ4n) is 2.03. The number of aromatic amines is 1. The van der Waals surface area contributed by atoms with Crippen LogP contribution in [0.5, 0.6) is 0 Å². The molecule has 96 valence electrons. The summed E-state index contributed by atoms with van der Waals surface area (Å²) in [5.74, 6) is 0. The van der Waals surface area contributed by atoms with Crippen molar-refractivity contribution in [3.8, 4) is 0 Å². The van der Waals surface area contributed by atoms with Crippen molar-refractivity contribution in [3.63, 3.8) is 0 Å². The molecular formula is C14H19N3O. The van der Waals surface area contributed by atoms with Crippen LogP contribution in [0.2, 0.25) is 0 Å². The van der Waals surface area contributed by atoms with Gasteiger partial charge in [-0.1, -0.05) is 30.3 Å². The van der Waals surface area contributed by atoms with Crippen molar-refractivity contribution in [1.29, 1.82) is 0 Å². The van der Waals surface area contributed by atoms with Gasteiger partial charge in [0.2, 0.25) is 0 Å². The molecule has 2 rings (SSSR count). The molecule has 0 saturated heterocycles. The quantitative estimate of drug-likeness (QED) is 0.753. The summed E-state index contributed by atoms with van der Waals surface area (Å²) < 4.78 is 0. The van der Waals surface area contributed by atoms with Crippen molar-refractivity contribution in [1.82, 2.24) is 15.5 Å². The van der Waals surface area contributed by atoms with Crippen LogP contribution in [0.4, 0.5) is 0 Å². The minimum Gasteiger partial charge on any atom is -0.394 e. The van der Waals surface area contributed by atoms with Gasteiger partial charge in [0.25, 0.3) is 0 Å². The van der Waals surface area contributed by atoms with E-state index in [4.69, 9.17) is 0 Å². The Morgan fingerprint density at radius 3 is 2.56 bits per heavy atom. The van der Waals surface area contributed by atoms with Crippen LogP contribution in [0.3, 0.4) is 0 Å². The maximum Gasteiger partial charge on any atom is 0.0638 e. The molecule has 1 aromatic carbocycles. The lowest BCUT2D eigenvalue weighted by molar-refractivity contribution is 0.243. The van der Waals surface area contributed by atoms with E-state index in [9.17, 15) is 5.11 Å². The normalized spacial score (nSPS) is 12.6. The zero-order chi connectivity index (χ0) is 13.0. The van der Waals surface area contributed by atoms with Gasteiger partial charge in [0.05, 0.1) is 18.3 Å². The largest absolute Gasteiger partial charge is 0.394 e. The first kappa shape index (κ1) is 12.8. The average Bonchev–Trinajstić information content (AvgIpc) is 2.72. The van der Waals surface area contributed by atoms with Crippen molar-refractivity contribution in [2.45, 2.75) is 26.4 Å². The summed E-state index contributed by atoms with van der Waals surface area (Å²) in [5.41, 5.74) is 4.35. The third-order valence-corrected chi connectivity index (χ3v) is 3.19. The van der Waals surface area contributed by atoms with E-state index in [2.05, 4.69) is 15.5 Å². The predicted octanol–water partition coefficient (Wildman–Crippen LogP) is 1.85. The first-order chi connectivity index (χ1) is 8.72. The highest BCUT2D eigenvalue weighted by molar-refractivity contribution is 5.24. The molecule has 0 spiro atoms. The molecule has 0 saturated carbocycles. The minimum absolute atomic E-state index is 0.0418. The zero-order valence-electron chi connectivity index (χ0n) is 10.8. The zero-order valence-corrected chi connectivity index (χ0v) is 10.8. The van der Waals surface area contributed by atoms with Crippen molar-refractivity contribution in [2.75, 3.05) is 6.61 Å². The molecule has 4 heteroatoms. The summed E-state index contributed by atoms with van der Waals surface area (Å²) >= 11 is 0. The molecule has 0 fully saturated rings. The first-order valence-corrected chi connectivity index (χ1v) is 6.12. The monoisotopic (exact) mass is 245 g/mol. The summed E-state index contributed by atoms with van der Waals surface area (Å²) in [4.78, 5) is 0. The number of hydrogen-bond acceptors (Lipinski definition) is 3. The molecule has 0 aliphatic heterocycles. The molecule has 0 amide bonds. The summed E-state index contributed by atoms with van der Waals surface area (Å²) in [6.07, 6.45) is 0. The van der Waals surface area contributed by atoms with Crippen LogP contribution < -0.4 is 5.32 Å². The van der Waals surface area contributed by atoms with E-state index in [1.165, 1.54) is 5.56 Å². The Hall–Kier alpha value is -1.65. The van der Waals surface area contributed by atoms with Gasteiger partial charge in [-0.05, 0) is 19.4 Å². The summed E-state index contributed by atoms with van der Waals surface area (Å²) in [7, 11) is 0. The van der Waals surface area contributed by atoms with Crippen LogP contribution in [0.1, 0.15) is 28.6 Å². The Morgan fingerprint density at radius 1 is 1.28 bits per heavy atom. The summed E-state index contributed by atoms with van der Waals surface area (Å²) in [6, 6.07) is 9.93. The number of aliphatic hydroxyl groups is 1. The molecule has 0 aliphatic rings. The number of benzene rings is 1. The topological polar surface area (TPSA) is 60.9 Å². The second-order valence-electron chi connectivity index (χ2n) is 4.44. The second kappa shape index (κ2) is 5.80. The van der Waals surface area contributed by atoms with Gasteiger partial charge in [0, 0.05) is 17.8 Å². The molecule has 4 nitrogen and oxygen atoms in total. The fourth-order valence-corrected chi connectivity index (χ4v) is 2.03. The van der Waals surface area contributed by atoms with Crippen LogP contribution in [0.15, 0.2) is 30.3 Å². The molecule has 3 N–H and O–H groups in total. The average molecular weight is 245 g/mol. The number of H-pyrrole nitrogens is 1. The van der Waals surface area contributed by atoms with E-state index in [1.807, 2.05) is 44.2 Å². The number of hydrogen-bond donors (Lipinski definition) is 3. The number of aromatic nitrogens is 2. The third kappa shape index (κ3) is 2.78. The van der Waals surface area contributed by atoms with Crippen LogP contribution in [0.25, 0.3) is 0 Å². The van der Waals surface area contributed by atoms with Gasteiger partial charge in [0.15, 0.2) is 0 Å². The van der Waals surface area contributed by atoms with Gasteiger partial charge in [-0.3, -0.25) is 5.10 Å². The summed E-state index contributed by atoms with van der Waals surface area (Å²) in [5, 5.41) is 20.0. The third-order valence-electron chi connectivity index (χ3n) is 3.19. The lowest BCUT2D eigenvalue weighted by Crippen LogP contribution is -2.24. The Morgan fingerprint density at radius 2 is 2.00 bits per heavy atom. The molecular weight excluding hydrogens is 226 g/mol. The number of rotatable bonds is 5. The lowest BCUT2D eigenvalue weighted by atomic mass is 10.1. The Labute approximate surface area is 107 Å².